The van der Waals surface area contributed by atoms with Gasteiger partial charge in [0, 0.05) is 24.9 Å². The molecule has 2 aliphatic carbocycles. The third-order valence-corrected chi connectivity index (χ3v) is 4.48. The standard InChI is InChI=1S/C16H23N3O2/c20-15(11-12-3-1-2-4-12)17-9-10-19-16(21)8-7-14(18-19)13-5-6-13/h7-8,12-13H,1-6,9-11H2,(H,17,20). The normalized spacial score (nSPS) is 18.9. The number of hydrogen-bond acceptors (Lipinski definition) is 3. The lowest BCUT2D eigenvalue weighted by atomic mass is 10.0. The highest BCUT2D eigenvalue weighted by Crippen LogP contribution is 2.38. The number of rotatable bonds is 6. The summed E-state index contributed by atoms with van der Waals surface area (Å²) in [6.07, 6.45) is 7.84. The minimum absolute atomic E-state index is 0.0931. The summed E-state index contributed by atoms with van der Waals surface area (Å²) in [4.78, 5) is 23.6. The molecular formula is C16H23N3O2. The van der Waals surface area contributed by atoms with Gasteiger partial charge in [-0.05, 0) is 37.7 Å². The van der Waals surface area contributed by atoms with Gasteiger partial charge in [0.2, 0.25) is 5.91 Å². The van der Waals surface area contributed by atoms with Gasteiger partial charge in [0.25, 0.3) is 5.56 Å². The Hall–Kier alpha value is -1.65. The van der Waals surface area contributed by atoms with Crippen LogP contribution in [0.2, 0.25) is 0 Å². The molecule has 2 aliphatic rings. The van der Waals surface area contributed by atoms with E-state index < -0.39 is 0 Å². The molecule has 0 aliphatic heterocycles. The van der Waals surface area contributed by atoms with Crippen LogP contribution in [0.15, 0.2) is 16.9 Å². The highest BCUT2D eigenvalue weighted by molar-refractivity contribution is 5.76. The third kappa shape index (κ3) is 3.93. The van der Waals surface area contributed by atoms with Gasteiger partial charge in [0.05, 0.1) is 12.2 Å². The van der Waals surface area contributed by atoms with Gasteiger partial charge in [-0.15, -0.1) is 0 Å². The average Bonchev–Trinajstić information content (AvgIpc) is 3.19. The molecule has 0 atom stereocenters. The summed E-state index contributed by atoms with van der Waals surface area (Å²) >= 11 is 0. The Morgan fingerprint density at radius 1 is 1.24 bits per heavy atom. The summed E-state index contributed by atoms with van der Waals surface area (Å²) in [7, 11) is 0. The number of carbonyl (C=O) groups excluding carboxylic acids is 1. The first kappa shape index (κ1) is 14.3. The summed E-state index contributed by atoms with van der Waals surface area (Å²) in [5.74, 6) is 1.20. The summed E-state index contributed by atoms with van der Waals surface area (Å²) in [5, 5.41) is 7.30. The van der Waals surface area contributed by atoms with Gasteiger partial charge in [-0.1, -0.05) is 12.8 Å². The van der Waals surface area contributed by atoms with Crippen molar-refractivity contribution in [2.45, 2.75) is 57.4 Å². The fourth-order valence-electron chi connectivity index (χ4n) is 3.07. The maximum atomic E-state index is 11.8. The van der Waals surface area contributed by atoms with E-state index in [1.165, 1.54) is 43.2 Å². The molecule has 5 heteroatoms. The van der Waals surface area contributed by atoms with Gasteiger partial charge in [0.1, 0.15) is 0 Å². The minimum atomic E-state index is -0.0931. The molecule has 0 unspecified atom stereocenters. The Morgan fingerprint density at radius 3 is 2.71 bits per heavy atom. The second-order valence-electron chi connectivity index (χ2n) is 6.30. The maximum Gasteiger partial charge on any atom is 0.266 e. The van der Waals surface area contributed by atoms with Crippen molar-refractivity contribution in [2.24, 2.45) is 5.92 Å². The Labute approximate surface area is 124 Å². The van der Waals surface area contributed by atoms with E-state index in [2.05, 4.69) is 10.4 Å². The van der Waals surface area contributed by atoms with Crippen LogP contribution in [0, 0.1) is 5.92 Å². The van der Waals surface area contributed by atoms with E-state index >= 15 is 0 Å². The Bertz CT molecular complexity index is 557. The summed E-state index contributed by atoms with van der Waals surface area (Å²) in [6, 6.07) is 3.41. The molecule has 0 spiro atoms. The minimum Gasteiger partial charge on any atom is -0.354 e. The highest BCUT2D eigenvalue weighted by Gasteiger charge is 2.25. The van der Waals surface area contributed by atoms with Crippen molar-refractivity contribution in [3.63, 3.8) is 0 Å². The van der Waals surface area contributed by atoms with Crippen LogP contribution >= 0.6 is 0 Å². The molecule has 3 rings (SSSR count). The van der Waals surface area contributed by atoms with E-state index in [0.29, 0.717) is 31.3 Å². The molecule has 1 aromatic rings. The largest absolute Gasteiger partial charge is 0.354 e. The molecular weight excluding hydrogens is 266 g/mol. The van der Waals surface area contributed by atoms with Crippen LogP contribution in [0.1, 0.15) is 56.6 Å². The first-order chi connectivity index (χ1) is 10.2. The lowest BCUT2D eigenvalue weighted by molar-refractivity contribution is -0.122. The van der Waals surface area contributed by atoms with Crippen molar-refractivity contribution in [3.05, 3.63) is 28.2 Å². The van der Waals surface area contributed by atoms with E-state index in [1.807, 2.05) is 6.07 Å². The molecule has 1 N–H and O–H groups in total. The van der Waals surface area contributed by atoms with Crippen LogP contribution in [-0.2, 0) is 11.3 Å². The molecule has 1 aromatic heterocycles. The van der Waals surface area contributed by atoms with Gasteiger partial charge >= 0.3 is 0 Å². The van der Waals surface area contributed by atoms with Crippen LogP contribution in [-0.4, -0.2) is 22.2 Å². The number of nitrogens with zero attached hydrogens (tertiary/aromatic N) is 2. The lowest BCUT2D eigenvalue weighted by Crippen LogP contribution is -2.32. The van der Waals surface area contributed by atoms with Crippen LogP contribution in [0.4, 0.5) is 0 Å². The predicted molar refractivity (Wildman–Crippen MR) is 80.1 cm³/mol. The molecule has 0 aromatic carbocycles. The summed E-state index contributed by atoms with van der Waals surface area (Å²) in [6.45, 7) is 0.933. The van der Waals surface area contributed by atoms with E-state index in [-0.39, 0.29) is 11.5 Å². The molecule has 0 radical (unpaired) electrons. The Kier molecular flexibility index (Phi) is 4.36. The van der Waals surface area contributed by atoms with Gasteiger partial charge in [-0.25, -0.2) is 4.68 Å². The van der Waals surface area contributed by atoms with E-state index in [4.69, 9.17) is 0 Å². The van der Waals surface area contributed by atoms with Gasteiger partial charge in [-0.3, -0.25) is 9.59 Å². The first-order valence-corrected chi connectivity index (χ1v) is 8.07. The van der Waals surface area contributed by atoms with Crippen molar-refractivity contribution in [3.8, 4) is 0 Å². The third-order valence-electron chi connectivity index (χ3n) is 4.48. The fraction of sp³-hybridized carbons (Fsp3) is 0.688. The van der Waals surface area contributed by atoms with Crippen molar-refractivity contribution in [1.82, 2.24) is 15.1 Å². The van der Waals surface area contributed by atoms with Gasteiger partial charge < -0.3 is 5.32 Å². The summed E-state index contributed by atoms with van der Waals surface area (Å²) < 4.78 is 1.48. The van der Waals surface area contributed by atoms with Crippen LogP contribution < -0.4 is 10.9 Å². The van der Waals surface area contributed by atoms with Crippen LogP contribution in [0.3, 0.4) is 0 Å². The lowest BCUT2D eigenvalue weighted by Gasteiger charge is -2.10. The smallest absolute Gasteiger partial charge is 0.266 e. The molecule has 2 fully saturated rings. The zero-order valence-corrected chi connectivity index (χ0v) is 12.4. The van der Waals surface area contributed by atoms with Crippen molar-refractivity contribution in [2.75, 3.05) is 6.54 Å². The molecule has 1 heterocycles. The number of carbonyl (C=O) groups is 1. The van der Waals surface area contributed by atoms with E-state index in [1.54, 1.807) is 6.07 Å². The molecule has 2 saturated carbocycles. The zero-order valence-electron chi connectivity index (χ0n) is 12.4. The number of hydrogen-bond donors (Lipinski definition) is 1. The monoisotopic (exact) mass is 289 g/mol. The molecule has 0 saturated heterocycles. The van der Waals surface area contributed by atoms with Gasteiger partial charge in [-0.2, -0.15) is 5.10 Å². The summed E-state index contributed by atoms with van der Waals surface area (Å²) in [5.41, 5.74) is 0.913. The van der Waals surface area contributed by atoms with Crippen molar-refractivity contribution < 1.29 is 4.79 Å². The maximum absolute atomic E-state index is 11.8. The molecule has 0 bridgehead atoms. The van der Waals surface area contributed by atoms with Crippen LogP contribution in [0.25, 0.3) is 0 Å². The second-order valence-corrected chi connectivity index (χ2v) is 6.30. The fourth-order valence-corrected chi connectivity index (χ4v) is 3.07. The van der Waals surface area contributed by atoms with Gasteiger partial charge in [0.15, 0.2) is 0 Å². The predicted octanol–water partition coefficient (Wildman–Crippen LogP) is 1.82. The number of amides is 1. The average molecular weight is 289 g/mol. The topological polar surface area (TPSA) is 64.0 Å². The van der Waals surface area contributed by atoms with E-state index in [9.17, 15) is 9.59 Å². The Balaban J connectivity index is 1.47. The van der Waals surface area contributed by atoms with Crippen molar-refractivity contribution in [1.29, 1.82) is 0 Å². The molecule has 114 valence electrons. The van der Waals surface area contributed by atoms with Crippen molar-refractivity contribution >= 4 is 5.91 Å². The zero-order chi connectivity index (χ0) is 14.7. The highest BCUT2D eigenvalue weighted by atomic mass is 16.1. The Morgan fingerprint density at radius 2 is 2.00 bits per heavy atom. The van der Waals surface area contributed by atoms with Crippen LogP contribution in [0.5, 0.6) is 0 Å². The first-order valence-electron chi connectivity index (χ1n) is 8.07. The number of nitrogens with one attached hydrogen (secondary N) is 1. The van der Waals surface area contributed by atoms with E-state index in [0.717, 1.165) is 5.69 Å². The number of aromatic nitrogens is 2. The molecule has 1 amide bonds. The second kappa shape index (κ2) is 6.41. The molecule has 21 heavy (non-hydrogen) atoms. The quantitative estimate of drug-likeness (QED) is 0.868. The SMILES string of the molecule is O=C(CC1CCCC1)NCCn1nc(C2CC2)ccc1=O. The molecule has 5 nitrogen and oxygen atoms in total.